The molecule has 0 aliphatic carbocycles. The maximum Gasteiger partial charge on any atom is 0.118 e. The summed E-state index contributed by atoms with van der Waals surface area (Å²) in [7, 11) is 1.68. The zero-order chi connectivity index (χ0) is 26.5. The third-order valence-electron chi connectivity index (χ3n) is 7.26. The number of nitrogens with zero attached hydrogens (tertiary/aromatic N) is 1. The van der Waals surface area contributed by atoms with Gasteiger partial charge in [-0.1, -0.05) is 81.1 Å². The molecular weight excluding hydrogens is 470 g/mol. The fourth-order valence-corrected chi connectivity index (χ4v) is 5.25. The van der Waals surface area contributed by atoms with Gasteiger partial charge < -0.3 is 21.0 Å². The van der Waals surface area contributed by atoms with Gasteiger partial charge in [-0.15, -0.1) is 0 Å². The monoisotopic (exact) mass is 507 g/mol. The Labute approximate surface area is 224 Å². The van der Waals surface area contributed by atoms with E-state index in [9.17, 15) is 0 Å². The van der Waals surface area contributed by atoms with Crippen molar-refractivity contribution in [2.24, 2.45) is 0 Å². The lowest BCUT2D eigenvalue weighted by atomic mass is 9.93. The lowest BCUT2D eigenvalue weighted by Gasteiger charge is -2.17. The Kier molecular flexibility index (Phi) is 7.73. The van der Waals surface area contributed by atoms with Crippen molar-refractivity contribution in [1.29, 1.82) is 0 Å². The smallest absolute Gasteiger partial charge is 0.118 e. The molecule has 0 spiro atoms. The van der Waals surface area contributed by atoms with E-state index in [1.165, 1.54) is 25.7 Å². The van der Waals surface area contributed by atoms with E-state index in [1.54, 1.807) is 7.11 Å². The van der Waals surface area contributed by atoms with Gasteiger partial charge in [0.05, 0.1) is 18.1 Å². The second kappa shape index (κ2) is 11.5. The molecule has 0 aliphatic rings. The molecule has 0 saturated heterocycles. The summed E-state index contributed by atoms with van der Waals surface area (Å²) in [6.45, 7) is 2.88. The number of hydrogen-bond donors (Lipinski definition) is 2. The molecule has 1 heterocycles. The van der Waals surface area contributed by atoms with E-state index in [-0.39, 0.29) is 0 Å². The first-order valence-electron chi connectivity index (χ1n) is 13.6. The number of hydrogen-bond acceptors (Lipinski definition) is 4. The van der Waals surface area contributed by atoms with E-state index in [0.717, 1.165) is 62.7 Å². The Balaban J connectivity index is 1.68. The van der Waals surface area contributed by atoms with Crippen molar-refractivity contribution in [2.75, 3.05) is 25.2 Å². The molecule has 5 nitrogen and oxygen atoms in total. The molecule has 38 heavy (non-hydrogen) atoms. The lowest BCUT2D eigenvalue weighted by molar-refractivity contribution is 0.125. The number of aromatic nitrogens is 1. The maximum atomic E-state index is 7.00. The molecule has 0 bridgehead atoms. The summed E-state index contributed by atoms with van der Waals surface area (Å²) in [4.78, 5) is 6.52. The van der Waals surface area contributed by atoms with Crippen LogP contribution in [0.3, 0.4) is 0 Å². The minimum Gasteiger partial charge on any atom is -0.497 e. The van der Waals surface area contributed by atoms with Crippen LogP contribution in [-0.4, -0.2) is 18.4 Å². The normalized spacial score (nSPS) is 11.3. The number of anilines is 2. The van der Waals surface area contributed by atoms with Gasteiger partial charge in [0.2, 0.25) is 0 Å². The van der Waals surface area contributed by atoms with Gasteiger partial charge in [0.25, 0.3) is 0 Å². The van der Waals surface area contributed by atoms with E-state index in [0.29, 0.717) is 18.0 Å². The average molecular weight is 508 g/mol. The summed E-state index contributed by atoms with van der Waals surface area (Å²) >= 11 is 0. The Morgan fingerprint density at radius 3 is 2.21 bits per heavy atom. The molecule has 0 saturated carbocycles. The summed E-state index contributed by atoms with van der Waals surface area (Å²) in [5.41, 5.74) is 20.6. The first-order valence-corrected chi connectivity index (χ1v) is 13.6. The topological polar surface area (TPSA) is 75.4 Å². The Hall–Kier alpha value is -4.12. The molecule has 4 N–H and O–H groups in total. The molecule has 0 atom stereocenters. The molecule has 196 valence electrons. The number of rotatable bonds is 11. The predicted octanol–water partition coefficient (Wildman–Crippen LogP) is 8.09. The molecule has 5 rings (SSSR count). The fourth-order valence-electron chi connectivity index (χ4n) is 5.25. The summed E-state index contributed by atoms with van der Waals surface area (Å²) in [6, 6.07) is 26.6. The molecule has 0 amide bonds. The third-order valence-corrected chi connectivity index (χ3v) is 7.26. The third kappa shape index (κ3) is 5.01. The van der Waals surface area contributed by atoms with E-state index in [4.69, 9.17) is 21.0 Å². The molecule has 0 radical (unpaired) electrons. The minimum absolute atomic E-state index is 0.633. The van der Waals surface area contributed by atoms with Gasteiger partial charge in [0.1, 0.15) is 12.4 Å². The summed E-state index contributed by atoms with van der Waals surface area (Å²) in [6.07, 6.45) is 7.24. The zero-order valence-electron chi connectivity index (χ0n) is 22.4. The van der Waals surface area contributed by atoms with Gasteiger partial charge in [-0.2, -0.15) is 4.73 Å². The van der Waals surface area contributed by atoms with Crippen LogP contribution in [0.4, 0.5) is 11.4 Å². The van der Waals surface area contributed by atoms with Crippen LogP contribution < -0.4 is 21.0 Å². The highest BCUT2D eigenvalue weighted by Gasteiger charge is 2.22. The molecule has 5 aromatic rings. The number of nitrogens with two attached hydrogens (primary N) is 2. The average Bonchev–Trinajstić information content (AvgIpc) is 3.24. The Morgan fingerprint density at radius 2 is 1.47 bits per heavy atom. The molecular formula is C33H37N3O2. The molecule has 1 aromatic heterocycles. The van der Waals surface area contributed by atoms with Gasteiger partial charge in [0.15, 0.2) is 0 Å². The summed E-state index contributed by atoms with van der Waals surface area (Å²) < 4.78 is 7.34. The number of methoxy groups -OCH3 is 1. The lowest BCUT2D eigenvalue weighted by Crippen LogP contribution is -2.13. The number of nitrogen functional groups attached to an aromatic ring is 2. The van der Waals surface area contributed by atoms with Crippen molar-refractivity contribution < 1.29 is 9.57 Å². The molecule has 0 fully saturated rings. The second-order valence-corrected chi connectivity index (χ2v) is 9.88. The van der Waals surface area contributed by atoms with Crippen LogP contribution in [0.15, 0.2) is 78.9 Å². The summed E-state index contributed by atoms with van der Waals surface area (Å²) in [5.74, 6) is 0.812. The maximum absolute atomic E-state index is 7.00. The van der Waals surface area contributed by atoms with Crippen LogP contribution >= 0.6 is 0 Å². The van der Waals surface area contributed by atoms with Crippen LogP contribution in [-0.2, 0) is 0 Å². The van der Waals surface area contributed by atoms with Crippen molar-refractivity contribution in [3.63, 3.8) is 0 Å². The van der Waals surface area contributed by atoms with Gasteiger partial charge >= 0.3 is 0 Å². The van der Waals surface area contributed by atoms with E-state index in [1.807, 2.05) is 47.2 Å². The largest absolute Gasteiger partial charge is 0.497 e. The van der Waals surface area contributed by atoms with Gasteiger partial charge in [-0.3, -0.25) is 0 Å². The fraction of sp³-hybridized carbons (Fsp3) is 0.273. The van der Waals surface area contributed by atoms with E-state index < -0.39 is 0 Å². The SMILES string of the molecule is CCCCCCCCOn1c2cc(N)ccc2c2cc(-c3ccc(OC)cc3)c(N)c(-c3ccccc3)c21. The first-order chi connectivity index (χ1) is 18.6. The number of unbranched alkanes of at least 4 members (excludes halogenated alkanes) is 5. The summed E-state index contributed by atoms with van der Waals surface area (Å²) in [5, 5.41) is 2.17. The van der Waals surface area contributed by atoms with E-state index in [2.05, 4.69) is 43.3 Å². The van der Waals surface area contributed by atoms with Crippen molar-refractivity contribution in [1.82, 2.24) is 4.73 Å². The quantitative estimate of drug-likeness (QED) is 0.140. The van der Waals surface area contributed by atoms with Crippen LogP contribution in [0.2, 0.25) is 0 Å². The molecule has 4 aromatic carbocycles. The Morgan fingerprint density at radius 1 is 0.737 bits per heavy atom. The van der Waals surface area contributed by atoms with Gasteiger partial charge in [-0.05, 0) is 54.3 Å². The molecule has 5 heteroatoms. The standard InChI is InChI=1S/C33H37N3O2/c1-3-4-5-6-7-11-20-38-36-30-21-25(34)16-19-27(30)29-22-28(23-14-17-26(37-2)18-15-23)32(35)31(33(29)36)24-12-9-8-10-13-24/h8-10,12-19,21-22H,3-7,11,20,34-35H2,1-2H3. The predicted molar refractivity (Wildman–Crippen MR) is 161 cm³/mol. The number of fused-ring (bicyclic) bond motifs is 3. The van der Waals surface area contributed by atoms with E-state index >= 15 is 0 Å². The van der Waals surface area contributed by atoms with Crippen molar-refractivity contribution in [2.45, 2.75) is 45.4 Å². The first kappa shape index (κ1) is 25.5. The van der Waals surface area contributed by atoms with Crippen molar-refractivity contribution in [3.05, 3.63) is 78.9 Å². The zero-order valence-corrected chi connectivity index (χ0v) is 22.4. The van der Waals surface area contributed by atoms with Crippen molar-refractivity contribution in [3.8, 4) is 28.0 Å². The highest BCUT2D eigenvalue weighted by molar-refractivity contribution is 6.17. The second-order valence-electron chi connectivity index (χ2n) is 9.88. The Bertz CT molecular complexity index is 1520. The van der Waals surface area contributed by atoms with Crippen LogP contribution in [0.1, 0.15) is 45.4 Å². The number of ether oxygens (including phenoxy) is 1. The molecule has 0 aliphatic heterocycles. The highest BCUT2D eigenvalue weighted by Crippen LogP contribution is 2.44. The van der Waals surface area contributed by atoms with Gasteiger partial charge in [0, 0.05) is 33.3 Å². The van der Waals surface area contributed by atoms with Gasteiger partial charge in [-0.25, -0.2) is 0 Å². The van der Waals surface area contributed by atoms with Crippen LogP contribution in [0.25, 0.3) is 44.1 Å². The van der Waals surface area contributed by atoms with Crippen LogP contribution in [0, 0.1) is 0 Å². The van der Waals surface area contributed by atoms with Crippen molar-refractivity contribution >= 4 is 33.2 Å². The molecule has 0 unspecified atom stereocenters. The minimum atomic E-state index is 0.633. The number of benzene rings is 4. The van der Waals surface area contributed by atoms with Crippen LogP contribution in [0.5, 0.6) is 5.75 Å². The highest BCUT2D eigenvalue weighted by atomic mass is 16.7.